The number of hydrogen-bond acceptors (Lipinski definition) is 4. The molecule has 0 aliphatic carbocycles. The maximum atomic E-state index is 12.2. The summed E-state index contributed by atoms with van der Waals surface area (Å²) in [5, 5.41) is 0. The van der Waals surface area contributed by atoms with Crippen molar-refractivity contribution in [3.63, 3.8) is 0 Å². The molecule has 0 aromatic carbocycles. The third-order valence-electron chi connectivity index (χ3n) is 4.68. The Hall–Kier alpha value is -0.300. The van der Waals surface area contributed by atoms with E-state index in [4.69, 9.17) is 9.47 Å². The first-order valence-electron chi connectivity index (χ1n) is 8.76. The molecule has 136 valence electrons. The number of carbonyl (C=O) groups excluding carboxylic acids is 1. The summed E-state index contributed by atoms with van der Waals surface area (Å²) in [6.45, 7) is 13.6. The van der Waals surface area contributed by atoms with Gasteiger partial charge in [0.05, 0.1) is 18.3 Å². The third-order valence-corrected chi connectivity index (χ3v) is 4.68. The standard InChI is InChI=1S/C17H32N2O3.H2S/c1-5-8-19-13-17(22-15(4)16(19)20)6-9-18(10-7-17)11-12-21-14(2)3;/h14-15H,5-13H2,1-4H3;1H2/t15-;/m0./s1. The van der Waals surface area contributed by atoms with Crippen molar-refractivity contribution in [1.29, 1.82) is 0 Å². The summed E-state index contributed by atoms with van der Waals surface area (Å²) < 4.78 is 11.8. The SMILES string of the molecule is CCCN1CC2(CCN(CCOC(C)C)CC2)O[C@@H](C)C1=O.S. The van der Waals surface area contributed by atoms with Crippen LogP contribution < -0.4 is 0 Å². The molecule has 0 saturated carbocycles. The van der Waals surface area contributed by atoms with E-state index in [9.17, 15) is 4.79 Å². The van der Waals surface area contributed by atoms with Gasteiger partial charge in [0.1, 0.15) is 6.10 Å². The molecule has 1 atom stereocenters. The number of rotatable bonds is 6. The zero-order valence-corrected chi connectivity index (χ0v) is 16.1. The maximum Gasteiger partial charge on any atom is 0.251 e. The van der Waals surface area contributed by atoms with Gasteiger partial charge in [0.2, 0.25) is 0 Å². The van der Waals surface area contributed by atoms with Gasteiger partial charge in [-0.3, -0.25) is 4.79 Å². The fourth-order valence-electron chi connectivity index (χ4n) is 3.48. The molecule has 0 unspecified atom stereocenters. The zero-order valence-electron chi connectivity index (χ0n) is 15.1. The summed E-state index contributed by atoms with van der Waals surface area (Å²) in [6, 6.07) is 0. The van der Waals surface area contributed by atoms with E-state index in [0.29, 0.717) is 6.10 Å². The van der Waals surface area contributed by atoms with Crippen LogP contribution in [0.4, 0.5) is 0 Å². The van der Waals surface area contributed by atoms with Crippen molar-refractivity contribution >= 4 is 19.4 Å². The summed E-state index contributed by atoms with van der Waals surface area (Å²) in [5.74, 6) is 0.153. The third kappa shape index (κ3) is 5.62. The van der Waals surface area contributed by atoms with E-state index in [1.807, 2.05) is 11.8 Å². The summed E-state index contributed by atoms with van der Waals surface area (Å²) in [7, 11) is 0. The average molecular weight is 347 g/mol. The number of hydrogen-bond donors (Lipinski definition) is 0. The summed E-state index contributed by atoms with van der Waals surface area (Å²) >= 11 is 0. The van der Waals surface area contributed by atoms with Gasteiger partial charge in [0.15, 0.2) is 0 Å². The lowest BCUT2D eigenvalue weighted by atomic mass is 9.88. The van der Waals surface area contributed by atoms with Crippen LogP contribution in [0.3, 0.4) is 0 Å². The number of morpholine rings is 1. The van der Waals surface area contributed by atoms with Crippen molar-refractivity contribution in [2.75, 3.05) is 39.3 Å². The lowest BCUT2D eigenvalue weighted by Gasteiger charge is -2.49. The predicted molar refractivity (Wildman–Crippen MR) is 97.3 cm³/mol. The van der Waals surface area contributed by atoms with Crippen LogP contribution in [0.1, 0.15) is 47.0 Å². The molecular formula is C17H34N2O3S. The summed E-state index contributed by atoms with van der Waals surface area (Å²) in [4.78, 5) is 16.6. The van der Waals surface area contributed by atoms with Crippen LogP contribution in [0.25, 0.3) is 0 Å². The molecule has 0 aromatic rings. The second-order valence-corrected chi connectivity index (χ2v) is 6.96. The van der Waals surface area contributed by atoms with Gasteiger partial charge in [0, 0.05) is 32.7 Å². The molecule has 5 nitrogen and oxygen atoms in total. The van der Waals surface area contributed by atoms with E-state index in [1.54, 1.807) is 0 Å². The quantitative estimate of drug-likeness (QED) is 0.738. The minimum Gasteiger partial charge on any atom is -0.377 e. The Labute approximate surface area is 148 Å². The Morgan fingerprint density at radius 1 is 1.30 bits per heavy atom. The maximum absolute atomic E-state index is 12.2. The highest BCUT2D eigenvalue weighted by Gasteiger charge is 2.44. The smallest absolute Gasteiger partial charge is 0.251 e. The molecule has 2 rings (SSSR count). The first-order chi connectivity index (χ1) is 10.5. The fraction of sp³-hybridized carbons (Fsp3) is 0.941. The van der Waals surface area contributed by atoms with Crippen LogP contribution in [0.2, 0.25) is 0 Å². The van der Waals surface area contributed by atoms with Gasteiger partial charge in [-0.15, -0.1) is 0 Å². The van der Waals surface area contributed by atoms with Crippen LogP contribution in [-0.4, -0.2) is 72.8 Å². The van der Waals surface area contributed by atoms with Gasteiger partial charge >= 0.3 is 0 Å². The lowest BCUT2D eigenvalue weighted by molar-refractivity contribution is -0.189. The Balaban J connectivity index is 0.00000264. The van der Waals surface area contributed by atoms with E-state index < -0.39 is 0 Å². The van der Waals surface area contributed by atoms with E-state index in [1.165, 1.54) is 0 Å². The minimum atomic E-state index is -0.295. The second-order valence-electron chi connectivity index (χ2n) is 6.96. The molecule has 2 saturated heterocycles. The van der Waals surface area contributed by atoms with E-state index in [-0.39, 0.29) is 31.1 Å². The monoisotopic (exact) mass is 346 g/mol. The largest absolute Gasteiger partial charge is 0.377 e. The highest BCUT2D eigenvalue weighted by atomic mass is 32.1. The molecule has 1 spiro atoms. The molecule has 0 N–H and O–H groups in total. The molecule has 0 radical (unpaired) electrons. The van der Waals surface area contributed by atoms with E-state index >= 15 is 0 Å². The van der Waals surface area contributed by atoms with Gasteiger partial charge in [-0.25, -0.2) is 0 Å². The van der Waals surface area contributed by atoms with Crippen LogP contribution in [0.15, 0.2) is 0 Å². The highest BCUT2D eigenvalue weighted by molar-refractivity contribution is 7.59. The van der Waals surface area contributed by atoms with Crippen molar-refractivity contribution in [1.82, 2.24) is 9.80 Å². The van der Waals surface area contributed by atoms with Crippen molar-refractivity contribution in [3.8, 4) is 0 Å². The Morgan fingerprint density at radius 2 is 1.96 bits per heavy atom. The molecular weight excluding hydrogens is 312 g/mol. The Morgan fingerprint density at radius 3 is 2.52 bits per heavy atom. The Kier molecular flexibility index (Phi) is 8.35. The topological polar surface area (TPSA) is 42.0 Å². The van der Waals surface area contributed by atoms with Crippen LogP contribution in [-0.2, 0) is 14.3 Å². The summed E-state index contributed by atoms with van der Waals surface area (Å²) in [6.07, 6.45) is 3.02. The predicted octanol–water partition coefficient (Wildman–Crippen LogP) is 2.02. The zero-order chi connectivity index (χ0) is 16.2. The van der Waals surface area contributed by atoms with Gasteiger partial charge in [-0.2, -0.15) is 13.5 Å². The first kappa shape index (κ1) is 20.7. The number of ether oxygens (including phenoxy) is 2. The summed E-state index contributed by atoms with van der Waals surface area (Å²) in [5.41, 5.74) is -0.127. The molecule has 6 heteroatoms. The number of likely N-dealkylation sites (tertiary alicyclic amines) is 1. The molecule has 2 aliphatic heterocycles. The van der Waals surface area contributed by atoms with Gasteiger partial charge < -0.3 is 19.3 Å². The second kappa shape index (κ2) is 9.25. The van der Waals surface area contributed by atoms with E-state index in [0.717, 1.165) is 58.6 Å². The fourth-order valence-corrected chi connectivity index (χ4v) is 3.48. The molecule has 2 heterocycles. The minimum absolute atomic E-state index is 0. The average Bonchev–Trinajstić information content (AvgIpc) is 2.47. The van der Waals surface area contributed by atoms with Gasteiger partial charge in [0.25, 0.3) is 5.91 Å². The molecule has 0 bridgehead atoms. The number of piperidine rings is 1. The highest BCUT2D eigenvalue weighted by Crippen LogP contribution is 2.32. The van der Waals surface area contributed by atoms with E-state index in [2.05, 4.69) is 25.7 Å². The molecule has 0 aromatic heterocycles. The Bertz CT molecular complexity index is 371. The first-order valence-corrected chi connectivity index (χ1v) is 8.76. The van der Waals surface area contributed by atoms with Crippen molar-refractivity contribution < 1.29 is 14.3 Å². The normalized spacial score (nSPS) is 25.0. The molecule has 2 aliphatic rings. The van der Waals surface area contributed by atoms with Crippen LogP contribution >= 0.6 is 13.5 Å². The van der Waals surface area contributed by atoms with Crippen molar-refractivity contribution in [2.45, 2.75) is 64.8 Å². The van der Waals surface area contributed by atoms with Gasteiger partial charge in [-0.1, -0.05) is 6.92 Å². The number of carbonyl (C=O) groups is 1. The molecule has 2 fully saturated rings. The number of nitrogens with zero attached hydrogens (tertiary/aromatic N) is 2. The van der Waals surface area contributed by atoms with Crippen molar-refractivity contribution in [2.24, 2.45) is 0 Å². The lowest BCUT2D eigenvalue weighted by Crippen LogP contribution is -2.61. The van der Waals surface area contributed by atoms with Crippen LogP contribution in [0.5, 0.6) is 0 Å². The number of amides is 1. The molecule has 23 heavy (non-hydrogen) atoms. The van der Waals surface area contributed by atoms with Crippen molar-refractivity contribution in [3.05, 3.63) is 0 Å². The molecule has 1 amide bonds. The van der Waals surface area contributed by atoms with Crippen LogP contribution in [0, 0.1) is 0 Å². The van der Waals surface area contributed by atoms with Gasteiger partial charge in [-0.05, 0) is 40.0 Å².